The molecule has 27 heavy (non-hydrogen) atoms. The number of carbonyl (C=O) groups is 2. The first-order valence-corrected chi connectivity index (χ1v) is 9.56. The van der Waals surface area contributed by atoms with Crippen molar-refractivity contribution in [1.82, 2.24) is 4.90 Å². The number of hydrogen-bond donors (Lipinski definition) is 1. The van der Waals surface area contributed by atoms with Gasteiger partial charge in [-0.2, -0.15) is 0 Å². The number of piperidine rings is 1. The molecule has 1 aliphatic heterocycles. The van der Waals surface area contributed by atoms with E-state index in [4.69, 9.17) is 4.74 Å². The second kappa shape index (κ2) is 9.21. The van der Waals surface area contributed by atoms with Crippen molar-refractivity contribution >= 4 is 17.5 Å². The third kappa shape index (κ3) is 5.33. The first-order chi connectivity index (χ1) is 13.2. The van der Waals surface area contributed by atoms with E-state index in [1.54, 1.807) is 24.3 Å². The van der Waals surface area contributed by atoms with Gasteiger partial charge >= 0.3 is 0 Å². The summed E-state index contributed by atoms with van der Waals surface area (Å²) in [7, 11) is 0. The summed E-state index contributed by atoms with van der Waals surface area (Å²) in [5.74, 6) is 0.519. The lowest BCUT2D eigenvalue weighted by Gasteiger charge is -2.26. The maximum absolute atomic E-state index is 12.5. The van der Waals surface area contributed by atoms with Crippen LogP contribution in [-0.2, 0) is 11.2 Å². The maximum Gasteiger partial charge on any atom is 0.262 e. The highest BCUT2D eigenvalue weighted by Gasteiger charge is 2.18. The topological polar surface area (TPSA) is 58.6 Å². The van der Waals surface area contributed by atoms with E-state index in [2.05, 4.69) is 12.2 Å². The molecule has 0 radical (unpaired) electrons. The number of carbonyl (C=O) groups excluding carboxylic acids is 2. The molecule has 1 fully saturated rings. The number of hydrogen-bond acceptors (Lipinski definition) is 3. The van der Waals surface area contributed by atoms with Gasteiger partial charge in [-0.15, -0.1) is 0 Å². The highest BCUT2D eigenvalue weighted by molar-refractivity contribution is 5.96. The molecule has 0 aromatic heterocycles. The highest BCUT2D eigenvalue weighted by atomic mass is 16.5. The van der Waals surface area contributed by atoms with Gasteiger partial charge in [0, 0.05) is 24.3 Å². The van der Waals surface area contributed by atoms with Crippen molar-refractivity contribution in [1.29, 1.82) is 0 Å². The summed E-state index contributed by atoms with van der Waals surface area (Å²) in [4.78, 5) is 26.5. The number of ether oxygens (including phenoxy) is 1. The Bertz CT molecular complexity index is 780. The Morgan fingerprint density at radius 2 is 1.78 bits per heavy atom. The summed E-state index contributed by atoms with van der Waals surface area (Å²) in [6.07, 6.45) is 4.26. The van der Waals surface area contributed by atoms with Crippen LogP contribution in [0.1, 0.15) is 42.1 Å². The van der Waals surface area contributed by atoms with Gasteiger partial charge in [-0.3, -0.25) is 9.59 Å². The number of aryl methyl sites for hydroxylation is 1. The molecule has 2 aromatic rings. The quantitative estimate of drug-likeness (QED) is 0.844. The van der Waals surface area contributed by atoms with Gasteiger partial charge in [-0.1, -0.05) is 19.1 Å². The van der Waals surface area contributed by atoms with Crippen LogP contribution in [0.25, 0.3) is 0 Å². The van der Waals surface area contributed by atoms with Crippen molar-refractivity contribution in [2.45, 2.75) is 32.6 Å². The van der Waals surface area contributed by atoms with Gasteiger partial charge in [0.25, 0.3) is 11.8 Å². The molecule has 0 unspecified atom stereocenters. The van der Waals surface area contributed by atoms with Crippen LogP contribution in [0.2, 0.25) is 0 Å². The minimum Gasteiger partial charge on any atom is -0.484 e. The van der Waals surface area contributed by atoms with E-state index in [0.717, 1.165) is 32.4 Å². The Balaban J connectivity index is 1.51. The van der Waals surface area contributed by atoms with Crippen LogP contribution in [0, 0.1) is 0 Å². The number of nitrogens with zero attached hydrogens (tertiary/aromatic N) is 1. The van der Waals surface area contributed by atoms with Crippen molar-refractivity contribution in [3.8, 4) is 5.75 Å². The maximum atomic E-state index is 12.5. The smallest absolute Gasteiger partial charge is 0.262 e. The first kappa shape index (κ1) is 19.0. The van der Waals surface area contributed by atoms with Gasteiger partial charge in [0.15, 0.2) is 6.61 Å². The number of anilines is 1. The third-order valence-corrected chi connectivity index (χ3v) is 4.74. The van der Waals surface area contributed by atoms with Gasteiger partial charge in [-0.25, -0.2) is 0 Å². The molecule has 0 atom stereocenters. The average Bonchev–Trinajstić information content (AvgIpc) is 2.73. The summed E-state index contributed by atoms with van der Waals surface area (Å²) >= 11 is 0. The number of nitrogens with one attached hydrogen (secondary N) is 1. The predicted octanol–water partition coefficient (Wildman–Crippen LogP) is 3.89. The lowest BCUT2D eigenvalue weighted by atomic mass is 10.1. The number of likely N-dealkylation sites (tertiary alicyclic amines) is 1. The van der Waals surface area contributed by atoms with Crippen molar-refractivity contribution in [3.05, 3.63) is 59.7 Å². The zero-order valence-electron chi connectivity index (χ0n) is 15.7. The zero-order chi connectivity index (χ0) is 19.1. The van der Waals surface area contributed by atoms with Crippen LogP contribution in [-0.4, -0.2) is 36.4 Å². The van der Waals surface area contributed by atoms with Crippen molar-refractivity contribution < 1.29 is 14.3 Å². The second-order valence-electron chi connectivity index (χ2n) is 6.77. The van der Waals surface area contributed by atoms with E-state index < -0.39 is 0 Å². The average molecular weight is 366 g/mol. The largest absolute Gasteiger partial charge is 0.484 e. The Hall–Kier alpha value is -2.82. The lowest BCUT2D eigenvalue weighted by molar-refractivity contribution is -0.118. The van der Waals surface area contributed by atoms with Crippen molar-refractivity contribution in [2.24, 2.45) is 0 Å². The molecule has 2 amide bonds. The molecule has 1 heterocycles. The van der Waals surface area contributed by atoms with E-state index in [0.29, 0.717) is 17.0 Å². The van der Waals surface area contributed by atoms with Gasteiger partial charge in [0.2, 0.25) is 0 Å². The van der Waals surface area contributed by atoms with E-state index in [1.165, 1.54) is 12.0 Å². The van der Waals surface area contributed by atoms with Crippen LogP contribution < -0.4 is 10.1 Å². The van der Waals surface area contributed by atoms with Crippen LogP contribution >= 0.6 is 0 Å². The van der Waals surface area contributed by atoms with Gasteiger partial charge in [0.1, 0.15) is 5.75 Å². The summed E-state index contributed by atoms with van der Waals surface area (Å²) in [5.41, 5.74) is 2.48. The molecule has 2 aromatic carbocycles. The molecule has 1 N–H and O–H groups in total. The summed E-state index contributed by atoms with van der Waals surface area (Å²) in [6.45, 7) is 3.68. The molecule has 5 nitrogen and oxygen atoms in total. The Labute approximate surface area is 160 Å². The third-order valence-electron chi connectivity index (χ3n) is 4.74. The first-order valence-electron chi connectivity index (χ1n) is 9.56. The molecular weight excluding hydrogens is 340 g/mol. The highest BCUT2D eigenvalue weighted by Crippen LogP contribution is 2.16. The van der Waals surface area contributed by atoms with Gasteiger partial charge in [-0.05, 0) is 67.6 Å². The standard InChI is InChI=1S/C22H26N2O3/c1-2-17-7-6-8-20(15-17)27-16-21(25)23-19-11-9-18(10-12-19)22(26)24-13-4-3-5-14-24/h6-12,15H,2-5,13-14,16H2,1H3,(H,23,25). The molecule has 0 aliphatic carbocycles. The molecular formula is C22H26N2O3. The van der Waals surface area contributed by atoms with Crippen LogP contribution in [0.3, 0.4) is 0 Å². The normalized spacial score (nSPS) is 13.9. The van der Waals surface area contributed by atoms with Crippen LogP contribution in [0.5, 0.6) is 5.75 Å². The zero-order valence-corrected chi connectivity index (χ0v) is 15.7. The lowest BCUT2D eigenvalue weighted by Crippen LogP contribution is -2.35. The summed E-state index contributed by atoms with van der Waals surface area (Å²) < 4.78 is 5.55. The molecule has 142 valence electrons. The molecule has 0 saturated carbocycles. The Morgan fingerprint density at radius 1 is 1.04 bits per heavy atom. The van der Waals surface area contributed by atoms with E-state index in [9.17, 15) is 9.59 Å². The van der Waals surface area contributed by atoms with Gasteiger partial charge < -0.3 is 15.0 Å². The SMILES string of the molecule is CCc1cccc(OCC(=O)Nc2ccc(C(=O)N3CCCCC3)cc2)c1. The number of amides is 2. The predicted molar refractivity (Wildman–Crippen MR) is 106 cm³/mol. The molecule has 0 spiro atoms. The fourth-order valence-electron chi connectivity index (χ4n) is 3.18. The monoisotopic (exact) mass is 366 g/mol. The molecule has 0 bridgehead atoms. The number of benzene rings is 2. The minimum absolute atomic E-state index is 0.0539. The Morgan fingerprint density at radius 3 is 2.48 bits per heavy atom. The fraction of sp³-hybridized carbons (Fsp3) is 0.364. The molecule has 5 heteroatoms. The van der Waals surface area contributed by atoms with E-state index in [1.807, 2.05) is 29.2 Å². The minimum atomic E-state index is -0.230. The second-order valence-corrected chi connectivity index (χ2v) is 6.77. The fourth-order valence-corrected chi connectivity index (χ4v) is 3.18. The number of rotatable bonds is 6. The van der Waals surface area contributed by atoms with Crippen LogP contribution in [0.15, 0.2) is 48.5 Å². The van der Waals surface area contributed by atoms with E-state index >= 15 is 0 Å². The van der Waals surface area contributed by atoms with Crippen molar-refractivity contribution in [2.75, 3.05) is 25.0 Å². The summed E-state index contributed by atoms with van der Waals surface area (Å²) in [5, 5.41) is 2.80. The molecule has 1 aliphatic rings. The van der Waals surface area contributed by atoms with Crippen LogP contribution in [0.4, 0.5) is 5.69 Å². The van der Waals surface area contributed by atoms with Crippen molar-refractivity contribution in [3.63, 3.8) is 0 Å². The van der Waals surface area contributed by atoms with Gasteiger partial charge in [0.05, 0.1) is 0 Å². The van der Waals surface area contributed by atoms with E-state index in [-0.39, 0.29) is 18.4 Å². The summed E-state index contributed by atoms with van der Waals surface area (Å²) in [6, 6.07) is 14.8. The Kier molecular flexibility index (Phi) is 6.47. The molecule has 1 saturated heterocycles. The molecule has 3 rings (SSSR count).